The molecule has 0 amide bonds. The van der Waals surface area contributed by atoms with Gasteiger partial charge in [0.1, 0.15) is 15.4 Å². The molecule has 0 aliphatic carbocycles. The van der Waals surface area contributed by atoms with Crippen molar-refractivity contribution in [1.82, 2.24) is 10.2 Å². The first-order chi connectivity index (χ1) is 9.31. The number of benzene rings is 1. The van der Waals surface area contributed by atoms with Gasteiger partial charge in [0.25, 0.3) is 0 Å². The van der Waals surface area contributed by atoms with E-state index >= 15 is 0 Å². The van der Waals surface area contributed by atoms with Gasteiger partial charge >= 0.3 is 0 Å². The fourth-order valence-corrected chi connectivity index (χ4v) is 2.92. The molecule has 1 aromatic carbocycles. The monoisotopic (exact) mass is 296 g/mol. The zero-order valence-corrected chi connectivity index (χ0v) is 12.5. The fraction of sp³-hybridized carbons (Fsp3) is 0.429. The van der Waals surface area contributed by atoms with Crippen molar-refractivity contribution < 1.29 is 4.74 Å². The van der Waals surface area contributed by atoms with E-state index in [2.05, 4.69) is 10.2 Å². The van der Waals surface area contributed by atoms with Crippen LogP contribution < -0.4 is 0 Å². The SMILES string of the molecule is CCOCCCc1nnc(C(Cl)c2ccccc2)s1. The number of ether oxygens (including phenoxy) is 1. The summed E-state index contributed by atoms with van der Waals surface area (Å²) in [5.74, 6) is 0. The molecule has 0 radical (unpaired) electrons. The molecule has 2 rings (SSSR count). The molecular weight excluding hydrogens is 280 g/mol. The molecule has 0 aliphatic rings. The van der Waals surface area contributed by atoms with Crippen molar-refractivity contribution in [3.8, 4) is 0 Å². The molecule has 2 aromatic rings. The van der Waals surface area contributed by atoms with Crippen LogP contribution in [0, 0.1) is 0 Å². The maximum atomic E-state index is 6.41. The fourth-order valence-electron chi connectivity index (χ4n) is 1.70. The Balaban J connectivity index is 1.93. The number of alkyl halides is 1. The van der Waals surface area contributed by atoms with Gasteiger partial charge in [0.05, 0.1) is 0 Å². The Morgan fingerprint density at radius 2 is 2.05 bits per heavy atom. The number of hydrogen-bond acceptors (Lipinski definition) is 4. The second-order valence-electron chi connectivity index (χ2n) is 4.11. The van der Waals surface area contributed by atoms with Gasteiger partial charge in [-0.3, -0.25) is 0 Å². The number of halogens is 1. The van der Waals surface area contributed by atoms with Crippen LogP contribution >= 0.6 is 22.9 Å². The van der Waals surface area contributed by atoms with Crippen molar-refractivity contribution in [2.45, 2.75) is 25.1 Å². The Bertz CT molecular complexity index is 489. The zero-order valence-electron chi connectivity index (χ0n) is 10.9. The van der Waals surface area contributed by atoms with Gasteiger partial charge in [-0.05, 0) is 18.9 Å². The number of aryl methyl sites for hydroxylation is 1. The largest absolute Gasteiger partial charge is 0.382 e. The molecule has 102 valence electrons. The first kappa shape index (κ1) is 14.4. The minimum Gasteiger partial charge on any atom is -0.382 e. The van der Waals surface area contributed by atoms with Gasteiger partial charge < -0.3 is 4.74 Å². The van der Waals surface area contributed by atoms with Crippen LogP contribution in [0.3, 0.4) is 0 Å². The molecule has 0 aliphatic heterocycles. The highest BCUT2D eigenvalue weighted by molar-refractivity contribution is 7.11. The van der Waals surface area contributed by atoms with E-state index in [0.29, 0.717) is 0 Å². The number of hydrogen-bond donors (Lipinski definition) is 0. The maximum absolute atomic E-state index is 6.41. The molecule has 1 unspecified atom stereocenters. The Kier molecular flexibility index (Phi) is 5.76. The summed E-state index contributed by atoms with van der Waals surface area (Å²) in [5, 5.41) is 10.1. The predicted molar refractivity (Wildman–Crippen MR) is 78.9 cm³/mol. The van der Waals surface area contributed by atoms with Crippen molar-refractivity contribution in [3.63, 3.8) is 0 Å². The summed E-state index contributed by atoms with van der Waals surface area (Å²) >= 11 is 8.00. The molecule has 0 N–H and O–H groups in total. The molecule has 3 nitrogen and oxygen atoms in total. The van der Waals surface area contributed by atoms with Gasteiger partial charge in [-0.25, -0.2) is 0 Å². The topological polar surface area (TPSA) is 35.0 Å². The lowest BCUT2D eigenvalue weighted by atomic mass is 10.1. The molecule has 1 aromatic heterocycles. The highest BCUT2D eigenvalue weighted by Crippen LogP contribution is 2.30. The Morgan fingerprint density at radius 1 is 1.26 bits per heavy atom. The van der Waals surface area contributed by atoms with E-state index in [1.807, 2.05) is 37.3 Å². The molecule has 0 fully saturated rings. The highest BCUT2D eigenvalue weighted by Gasteiger charge is 2.15. The van der Waals surface area contributed by atoms with E-state index in [4.69, 9.17) is 16.3 Å². The molecule has 0 saturated heterocycles. The normalized spacial score (nSPS) is 12.5. The Hall–Kier alpha value is -0.970. The van der Waals surface area contributed by atoms with Gasteiger partial charge in [0.15, 0.2) is 0 Å². The van der Waals surface area contributed by atoms with E-state index in [9.17, 15) is 0 Å². The van der Waals surface area contributed by atoms with Gasteiger partial charge in [0, 0.05) is 19.6 Å². The summed E-state index contributed by atoms with van der Waals surface area (Å²) in [6.07, 6.45) is 1.87. The lowest BCUT2D eigenvalue weighted by molar-refractivity contribution is 0.145. The third-order valence-corrected chi connectivity index (χ3v) is 4.31. The van der Waals surface area contributed by atoms with E-state index in [0.717, 1.165) is 41.6 Å². The first-order valence-corrected chi connectivity index (χ1v) is 7.65. The van der Waals surface area contributed by atoms with Gasteiger partial charge in [-0.2, -0.15) is 0 Å². The molecule has 19 heavy (non-hydrogen) atoms. The van der Waals surface area contributed by atoms with Crippen LogP contribution in [-0.4, -0.2) is 23.4 Å². The molecule has 0 saturated carbocycles. The molecule has 5 heteroatoms. The molecule has 1 atom stereocenters. The lowest BCUT2D eigenvalue weighted by Crippen LogP contribution is -1.95. The predicted octanol–water partition coefficient (Wildman–Crippen LogP) is 3.84. The minimum absolute atomic E-state index is 0.209. The van der Waals surface area contributed by atoms with Crippen molar-refractivity contribution in [3.05, 3.63) is 45.9 Å². The van der Waals surface area contributed by atoms with Crippen LogP contribution in [0.15, 0.2) is 30.3 Å². The summed E-state index contributed by atoms with van der Waals surface area (Å²) in [6.45, 7) is 3.54. The average molecular weight is 297 g/mol. The van der Waals surface area contributed by atoms with Crippen LogP contribution in [0.1, 0.15) is 34.3 Å². The summed E-state index contributed by atoms with van der Waals surface area (Å²) in [6, 6.07) is 9.96. The quantitative estimate of drug-likeness (QED) is 0.575. The van der Waals surface area contributed by atoms with E-state index in [1.54, 1.807) is 11.3 Å². The van der Waals surface area contributed by atoms with Gasteiger partial charge in [-0.15, -0.1) is 21.8 Å². The number of rotatable bonds is 7. The summed E-state index contributed by atoms with van der Waals surface area (Å²) in [4.78, 5) is 0. The Labute approximate surface area is 122 Å². The van der Waals surface area contributed by atoms with Gasteiger partial charge in [0.2, 0.25) is 0 Å². The third kappa shape index (κ3) is 4.27. The summed E-state index contributed by atoms with van der Waals surface area (Å²) in [5.41, 5.74) is 1.06. The van der Waals surface area contributed by atoms with E-state index in [-0.39, 0.29) is 5.38 Å². The van der Waals surface area contributed by atoms with Crippen LogP contribution in [0.25, 0.3) is 0 Å². The first-order valence-electron chi connectivity index (χ1n) is 6.40. The van der Waals surface area contributed by atoms with Crippen LogP contribution in [0.2, 0.25) is 0 Å². The van der Waals surface area contributed by atoms with Gasteiger partial charge in [-0.1, -0.05) is 41.7 Å². The van der Waals surface area contributed by atoms with Crippen LogP contribution in [0.5, 0.6) is 0 Å². The molecular formula is C14H17ClN2OS. The standard InChI is InChI=1S/C14H17ClN2OS/c1-2-18-10-6-9-12-16-17-14(19-12)13(15)11-7-4-3-5-8-11/h3-5,7-8,13H,2,6,9-10H2,1H3. The number of nitrogens with zero attached hydrogens (tertiary/aromatic N) is 2. The maximum Gasteiger partial charge on any atom is 0.139 e. The zero-order chi connectivity index (χ0) is 13.5. The van der Waals surface area contributed by atoms with Crippen molar-refractivity contribution >= 4 is 22.9 Å². The average Bonchev–Trinajstić information content (AvgIpc) is 2.92. The van der Waals surface area contributed by atoms with Crippen molar-refractivity contribution in [1.29, 1.82) is 0 Å². The van der Waals surface area contributed by atoms with Crippen molar-refractivity contribution in [2.75, 3.05) is 13.2 Å². The highest BCUT2D eigenvalue weighted by atomic mass is 35.5. The second-order valence-corrected chi connectivity index (χ2v) is 5.64. The van der Waals surface area contributed by atoms with Crippen molar-refractivity contribution in [2.24, 2.45) is 0 Å². The summed E-state index contributed by atoms with van der Waals surface area (Å²) < 4.78 is 5.31. The Morgan fingerprint density at radius 3 is 2.79 bits per heavy atom. The van der Waals surface area contributed by atoms with E-state index < -0.39 is 0 Å². The number of aromatic nitrogens is 2. The smallest absolute Gasteiger partial charge is 0.139 e. The van der Waals surface area contributed by atoms with E-state index in [1.165, 1.54) is 0 Å². The van der Waals surface area contributed by atoms with Crippen LogP contribution in [0.4, 0.5) is 0 Å². The second kappa shape index (κ2) is 7.58. The molecule has 0 spiro atoms. The van der Waals surface area contributed by atoms with Crippen LogP contribution in [-0.2, 0) is 11.2 Å². The molecule has 1 heterocycles. The summed E-state index contributed by atoms with van der Waals surface area (Å²) in [7, 11) is 0. The lowest BCUT2D eigenvalue weighted by Gasteiger charge is -2.04. The molecule has 0 bridgehead atoms. The third-order valence-electron chi connectivity index (χ3n) is 2.67. The minimum atomic E-state index is -0.209.